The lowest BCUT2D eigenvalue weighted by Crippen LogP contribution is -2.38. The second-order valence-electron chi connectivity index (χ2n) is 7.38. The molecule has 1 aliphatic rings. The summed E-state index contributed by atoms with van der Waals surface area (Å²) >= 11 is 0. The largest absolute Gasteiger partial charge is 0.323 e. The third-order valence-corrected chi connectivity index (χ3v) is 7.20. The van der Waals surface area contributed by atoms with Gasteiger partial charge in [0.25, 0.3) is 0 Å². The van der Waals surface area contributed by atoms with Crippen molar-refractivity contribution in [3.05, 3.63) is 84.7 Å². The molecular weight excluding hydrogens is 412 g/mol. The summed E-state index contributed by atoms with van der Waals surface area (Å²) in [5, 5.41) is 5.44. The topological polar surface area (TPSA) is 91.4 Å². The zero-order chi connectivity index (χ0) is 21.7. The Morgan fingerprint density at radius 2 is 1.61 bits per heavy atom. The van der Waals surface area contributed by atoms with Crippen molar-refractivity contribution in [1.82, 2.24) is 9.29 Å². The molecule has 8 heteroatoms. The van der Waals surface area contributed by atoms with Crippen LogP contribution >= 0.6 is 0 Å². The van der Waals surface area contributed by atoms with E-state index in [0.717, 1.165) is 24.8 Å². The quantitative estimate of drug-likeness (QED) is 0.609. The fourth-order valence-electron chi connectivity index (χ4n) is 3.76. The summed E-state index contributed by atoms with van der Waals surface area (Å²) in [4.78, 5) is 16.5. The minimum absolute atomic E-state index is 0.206. The van der Waals surface area contributed by atoms with Crippen LogP contribution in [0.25, 0.3) is 0 Å². The first kappa shape index (κ1) is 21.0. The van der Waals surface area contributed by atoms with E-state index in [9.17, 15) is 13.2 Å². The average Bonchev–Trinajstić information content (AvgIpc) is 2.80. The highest BCUT2D eigenvalue weighted by Crippen LogP contribution is 2.35. The van der Waals surface area contributed by atoms with Crippen LogP contribution in [-0.4, -0.2) is 30.3 Å². The number of para-hydroxylation sites is 1. The monoisotopic (exact) mass is 436 g/mol. The minimum Gasteiger partial charge on any atom is -0.308 e. The van der Waals surface area contributed by atoms with Gasteiger partial charge in [-0.15, -0.1) is 0 Å². The van der Waals surface area contributed by atoms with Gasteiger partial charge in [0, 0.05) is 30.3 Å². The Bertz CT molecular complexity index is 1120. The van der Waals surface area contributed by atoms with Crippen LogP contribution in [0.1, 0.15) is 30.9 Å². The number of amides is 2. The summed E-state index contributed by atoms with van der Waals surface area (Å²) in [7, 11) is -3.68. The van der Waals surface area contributed by atoms with E-state index in [4.69, 9.17) is 0 Å². The van der Waals surface area contributed by atoms with E-state index in [1.807, 2.05) is 30.3 Å². The zero-order valence-electron chi connectivity index (χ0n) is 16.9. The molecule has 2 aromatic carbocycles. The molecule has 1 fully saturated rings. The van der Waals surface area contributed by atoms with E-state index in [2.05, 4.69) is 15.6 Å². The van der Waals surface area contributed by atoms with Gasteiger partial charge in [0.15, 0.2) is 0 Å². The SMILES string of the molecule is O=C(Nc1ccccc1)Nc1ccc(S(=O)(=O)N2CCCCC2c2cccnc2)cc1. The smallest absolute Gasteiger partial charge is 0.308 e. The Morgan fingerprint density at radius 1 is 0.903 bits per heavy atom. The third-order valence-electron chi connectivity index (χ3n) is 5.27. The summed E-state index contributed by atoms with van der Waals surface area (Å²) in [5.74, 6) is 0. The predicted molar refractivity (Wildman–Crippen MR) is 120 cm³/mol. The number of rotatable bonds is 5. The fourth-order valence-corrected chi connectivity index (χ4v) is 5.44. The van der Waals surface area contributed by atoms with Gasteiger partial charge in [-0.1, -0.05) is 30.7 Å². The number of piperidine rings is 1. The van der Waals surface area contributed by atoms with E-state index in [1.54, 1.807) is 41.0 Å². The van der Waals surface area contributed by atoms with Crippen molar-refractivity contribution in [2.75, 3.05) is 17.2 Å². The van der Waals surface area contributed by atoms with Gasteiger partial charge < -0.3 is 10.6 Å². The summed E-state index contributed by atoms with van der Waals surface area (Å²) < 4.78 is 28.3. The molecule has 0 radical (unpaired) electrons. The molecule has 0 bridgehead atoms. The van der Waals surface area contributed by atoms with E-state index < -0.39 is 16.1 Å². The number of carbonyl (C=O) groups is 1. The fraction of sp³-hybridized carbons (Fsp3) is 0.217. The minimum atomic E-state index is -3.68. The molecule has 1 aromatic heterocycles. The predicted octanol–water partition coefficient (Wildman–Crippen LogP) is 4.64. The molecule has 0 aliphatic carbocycles. The zero-order valence-corrected chi connectivity index (χ0v) is 17.8. The number of hydrogen-bond donors (Lipinski definition) is 2. The summed E-state index contributed by atoms with van der Waals surface area (Å²) in [5.41, 5.74) is 2.09. The Kier molecular flexibility index (Phi) is 6.29. The van der Waals surface area contributed by atoms with E-state index in [0.29, 0.717) is 17.9 Å². The van der Waals surface area contributed by atoms with Crippen LogP contribution in [0.4, 0.5) is 16.2 Å². The number of urea groups is 1. The van der Waals surface area contributed by atoms with Crippen molar-refractivity contribution in [3.63, 3.8) is 0 Å². The molecule has 2 amide bonds. The van der Waals surface area contributed by atoms with Crippen LogP contribution in [0.15, 0.2) is 84.0 Å². The summed E-state index contributed by atoms with van der Waals surface area (Å²) in [6, 6.07) is 18.5. The third kappa shape index (κ3) is 4.92. The molecule has 1 saturated heterocycles. The molecule has 160 valence electrons. The lowest BCUT2D eigenvalue weighted by atomic mass is 9.99. The highest BCUT2D eigenvalue weighted by Gasteiger charge is 2.34. The number of aromatic nitrogens is 1. The molecule has 7 nitrogen and oxygen atoms in total. The van der Waals surface area contributed by atoms with Gasteiger partial charge in [0.2, 0.25) is 10.0 Å². The second-order valence-corrected chi connectivity index (χ2v) is 9.27. The highest BCUT2D eigenvalue weighted by atomic mass is 32.2. The molecular formula is C23H24N4O3S. The molecule has 2 heterocycles. The van der Waals surface area contributed by atoms with Gasteiger partial charge in [-0.2, -0.15) is 4.31 Å². The van der Waals surface area contributed by atoms with Crippen LogP contribution in [0.5, 0.6) is 0 Å². The van der Waals surface area contributed by atoms with Crippen molar-refractivity contribution in [1.29, 1.82) is 0 Å². The van der Waals surface area contributed by atoms with Crippen LogP contribution in [0, 0.1) is 0 Å². The maximum absolute atomic E-state index is 13.4. The average molecular weight is 437 g/mol. The van der Waals surface area contributed by atoms with E-state index in [-0.39, 0.29) is 10.9 Å². The Labute approximate surface area is 182 Å². The maximum atomic E-state index is 13.4. The van der Waals surface area contributed by atoms with Gasteiger partial charge in [-0.3, -0.25) is 4.98 Å². The van der Waals surface area contributed by atoms with Gasteiger partial charge in [-0.05, 0) is 60.9 Å². The molecule has 0 saturated carbocycles. The number of sulfonamides is 1. The normalized spacial score (nSPS) is 17.1. The Balaban J connectivity index is 1.48. The molecule has 4 rings (SSSR count). The summed E-state index contributed by atoms with van der Waals surface area (Å²) in [6.45, 7) is 0.474. The second kappa shape index (κ2) is 9.28. The molecule has 2 N–H and O–H groups in total. The highest BCUT2D eigenvalue weighted by molar-refractivity contribution is 7.89. The Morgan fingerprint density at radius 3 is 2.29 bits per heavy atom. The number of carbonyl (C=O) groups excluding carboxylic acids is 1. The first-order valence-electron chi connectivity index (χ1n) is 10.2. The van der Waals surface area contributed by atoms with Crippen LogP contribution < -0.4 is 10.6 Å². The van der Waals surface area contributed by atoms with Crippen molar-refractivity contribution in [2.45, 2.75) is 30.2 Å². The first-order chi connectivity index (χ1) is 15.0. The van der Waals surface area contributed by atoms with E-state index >= 15 is 0 Å². The lowest BCUT2D eigenvalue weighted by molar-refractivity contribution is 0.255. The van der Waals surface area contributed by atoms with E-state index in [1.165, 1.54) is 12.1 Å². The van der Waals surface area contributed by atoms with Crippen LogP contribution in [0.2, 0.25) is 0 Å². The first-order valence-corrected chi connectivity index (χ1v) is 11.6. The van der Waals surface area contributed by atoms with Gasteiger partial charge >= 0.3 is 6.03 Å². The van der Waals surface area contributed by atoms with Crippen molar-refractivity contribution < 1.29 is 13.2 Å². The van der Waals surface area contributed by atoms with Crippen molar-refractivity contribution >= 4 is 27.4 Å². The summed E-state index contributed by atoms with van der Waals surface area (Å²) in [6.07, 6.45) is 5.99. The van der Waals surface area contributed by atoms with Crippen molar-refractivity contribution in [3.8, 4) is 0 Å². The number of nitrogens with zero attached hydrogens (tertiary/aromatic N) is 2. The number of anilines is 2. The number of hydrogen-bond acceptors (Lipinski definition) is 4. The van der Waals surface area contributed by atoms with Gasteiger partial charge in [-0.25, -0.2) is 13.2 Å². The lowest BCUT2D eigenvalue weighted by Gasteiger charge is -2.34. The molecule has 1 unspecified atom stereocenters. The van der Waals surface area contributed by atoms with Gasteiger partial charge in [0.1, 0.15) is 0 Å². The molecule has 0 spiro atoms. The van der Waals surface area contributed by atoms with Crippen LogP contribution in [0.3, 0.4) is 0 Å². The maximum Gasteiger partial charge on any atom is 0.323 e. The molecule has 1 aliphatic heterocycles. The van der Waals surface area contributed by atoms with Crippen molar-refractivity contribution in [2.24, 2.45) is 0 Å². The standard InChI is InChI=1S/C23H24N4O3S/c28-23(25-19-8-2-1-3-9-19)26-20-11-13-21(14-12-20)31(29,30)27-16-5-4-10-22(27)18-7-6-15-24-17-18/h1-3,6-9,11-15,17,22H,4-5,10,16H2,(H2,25,26,28). The number of benzene rings is 2. The Hall–Kier alpha value is -3.23. The molecule has 3 aromatic rings. The number of nitrogens with one attached hydrogen (secondary N) is 2. The molecule has 1 atom stereocenters. The number of pyridine rings is 1. The van der Waals surface area contributed by atoms with Crippen LogP contribution in [-0.2, 0) is 10.0 Å². The van der Waals surface area contributed by atoms with Gasteiger partial charge in [0.05, 0.1) is 10.9 Å². The molecule has 31 heavy (non-hydrogen) atoms.